The van der Waals surface area contributed by atoms with E-state index < -0.39 is 11.7 Å². The zero-order valence-electron chi connectivity index (χ0n) is 17.7. The molecule has 0 spiro atoms. The summed E-state index contributed by atoms with van der Waals surface area (Å²) in [4.78, 5) is 26.5. The second kappa shape index (κ2) is 8.07. The van der Waals surface area contributed by atoms with Crippen LogP contribution >= 0.6 is 0 Å². The SMILES string of the molecule is CN1CC(=O)Nc2cc(C(=O)Nc3cc(-c4nnc5n4CCCCC5)ccc3F)ccc21. The first-order chi connectivity index (χ1) is 15.5. The number of likely N-dealkylation sites (N-methyl/N-ethyl adjacent to an activating group) is 1. The van der Waals surface area contributed by atoms with Crippen molar-refractivity contribution >= 4 is 28.9 Å². The largest absolute Gasteiger partial charge is 0.364 e. The van der Waals surface area contributed by atoms with E-state index in [-0.39, 0.29) is 18.1 Å². The normalized spacial score (nSPS) is 15.4. The second-order valence-electron chi connectivity index (χ2n) is 8.19. The standard InChI is InChI=1S/C23H23FN6O2/c1-29-13-21(31)25-18-12-15(7-9-19(18)29)23(32)26-17-11-14(6-8-16(17)24)22-28-27-20-5-3-2-4-10-30(20)22/h6-9,11-12H,2-5,10,13H2,1H3,(H,25,31)(H,26,32). The Bertz CT molecular complexity index is 1220. The van der Waals surface area contributed by atoms with Crippen LogP contribution in [-0.2, 0) is 17.8 Å². The lowest BCUT2D eigenvalue weighted by Crippen LogP contribution is -2.35. The number of nitrogens with zero attached hydrogens (tertiary/aromatic N) is 4. The van der Waals surface area contributed by atoms with Crippen molar-refractivity contribution < 1.29 is 14.0 Å². The lowest BCUT2D eigenvalue weighted by molar-refractivity contribution is -0.115. The minimum absolute atomic E-state index is 0.0670. The third-order valence-electron chi connectivity index (χ3n) is 5.91. The summed E-state index contributed by atoms with van der Waals surface area (Å²) >= 11 is 0. The van der Waals surface area contributed by atoms with E-state index in [1.54, 1.807) is 35.2 Å². The van der Waals surface area contributed by atoms with E-state index in [1.165, 1.54) is 6.07 Å². The fraction of sp³-hybridized carbons (Fsp3) is 0.304. The van der Waals surface area contributed by atoms with Gasteiger partial charge >= 0.3 is 0 Å². The van der Waals surface area contributed by atoms with Gasteiger partial charge in [-0.3, -0.25) is 9.59 Å². The van der Waals surface area contributed by atoms with Gasteiger partial charge in [0.25, 0.3) is 5.91 Å². The Morgan fingerprint density at radius 3 is 2.88 bits per heavy atom. The molecule has 2 amide bonds. The molecule has 164 valence electrons. The van der Waals surface area contributed by atoms with Crippen molar-refractivity contribution in [3.8, 4) is 11.4 Å². The van der Waals surface area contributed by atoms with Crippen molar-refractivity contribution in [3.05, 3.63) is 53.6 Å². The molecule has 2 aliphatic rings. The molecule has 3 heterocycles. The van der Waals surface area contributed by atoms with Gasteiger partial charge in [-0.1, -0.05) is 6.42 Å². The van der Waals surface area contributed by atoms with Gasteiger partial charge in [0.05, 0.1) is 23.6 Å². The molecule has 9 heteroatoms. The number of hydrogen-bond donors (Lipinski definition) is 2. The molecule has 2 N–H and O–H groups in total. The number of amides is 2. The summed E-state index contributed by atoms with van der Waals surface area (Å²) in [5.41, 5.74) is 2.46. The molecule has 0 atom stereocenters. The number of hydrogen-bond acceptors (Lipinski definition) is 5. The average Bonchev–Trinajstić information content (AvgIpc) is 3.02. The molecule has 8 nitrogen and oxygen atoms in total. The number of carbonyl (C=O) groups is 2. The van der Waals surface area contributed by atoms with Gasteiger partial charge in [-0.05, 0) is 49.2 Å². The molecular weight excluding hydrogens is 411 g/mol. The number of nitrogens with one attached hydrogen (secondary N) is 2. The minimum Gasteiger partial charge on any atom is -0.364 e. The predicted octanol–water partition coefficient (Wildman–Crippen LogP) is 3.45. The van der Waals surface area contributed by atoms with Gasteiger partial charge in [0.1, 0.15) is 11.6 Å². The minimum atomic E-state index is -0.538. The first-order valence-corrected chi connectivity index (χ1v) is 10.7. The molecule has 0 aliphatic carbocycles. The van der Waals surface area contributed by atoms with Crippen LogP contribution in [0.3, 0.4) is 0 Å². The number of fused-ring (bicyclic) bond motifs is 2. The van der Waals surface area contributed by atoms with Crippen LogP contribution in [-0.4, -0.2) is 40.2 Å². The second-order valence-corrected chi connectivity index (χ2v) is 8.19. The Morgan fingerprint density at radius 1 is 1.12 bits per heavy atom. The van der Waals surface area contributed by atoms with E-state index in [0.29, 0.717) is 22.6 Å². The molecule has 0 saturated carbocycles. The smallest absolute Gasteiger partial charge is 0.255 e. The number of rotatable bonds is 3. The lowest BCUT2D eigenvalue weighted by atomic mass is 10.1. The van der Waals surface area contributed by atoms with Gasteiger partial charge in [0.15, 0.2) is 5.82 Å². The maximum Gasteiger partial charge on any atom is 0.255 e. The zero-order chi connectivity index (χ0) is 22.2. The van der Waals surface area contributed by atoms with Crippen molar-refractivity contribution in [2.24, 2.45) is 0 Å². The maximum absolute atomic E-state index is 14.5. The highest BCUT2D eigenvalue weighted by Gasteiger charge is 2.21. The number of benzene rings is 2. The topological polar surface area (TPSA) is 92.2 Å². The van der Waals surface area contributed by atoms with Crippen molar-refractivity contribution in [2.45, 2.75) is 32.2 Å². The van der Waals surface area contributed by atoms with Crippen molar-refractivity contribution in [3.63, 3.8) is 0 Å². The van der Waals surface area contributed by atoms with Crippen molar-refractivity contribution in [2.75, 3.05) is 29.1 Å². The van der Waals surface area contributed by atoms with Crippen LogP contribution in [0, 0.1) is 5.82 Å². The fourth-order valence-corrected chi connectivity index (χ4v) is 4.25. The van der Waals surface area contributed by atoms with Gasteiger partial charge in [-0.25, -0.2) is 4.39 Å². The van der Waals surface area contributed by atoms with Gasteiger partial charge in [0.2, 0.25) is 5.91 Å². The Kier molecular flexibility index (Phi) is 5.08. The molecule has 1 aromatic heterocycles. The average molecular weight is 434 g/mol. The predicted molar refractivity (Wildman–Crippen MR) is 119 cm³/mol. The number of aromatic nitrogens is 3. The van der Waals surface area contributed by atoms with Crippen LogP contribution in [0.2, 0.25) is 0 Å². The molecule has 0 fully saturated rings. The summed E-state index contributed by atoms with van der Waals surface area (Å²) in [6.07, 6.45) is 4.15. The summed E-state index contributed by atoms with van der Waals surface area (Å²) in [5, 5.41) is 14.0. The van der Waals surface area contributed by atoms with E-state index in [9.17, 15) is 14.0 Å². The molecule has 2 aromatic carbocycles. The quantitative estimate of drug-likeness (QED) is 0.659. The number of aryl methyl sites for hydroxylation is 1. The molecule has 32 heavy (non-hydrogen) atoms. The monoisotopic (exact) mass is 434 g/mol. The van der Waals surface area contributed by atoms with Gasteiger partial charge < -0.3 is 20.1 Å². The van der Waals surface area contributed by atoms with Gasteiger partial charge in [0, 0.05) is 31.1 Å². The summed E-state index contributed by atoms with van der Waals surface area (Å²) < 4.78 is 16.6. The highest BCUT2D eigenvalue weighted by molar-refractivity contribution is 6.08. The lowest BCUT2D eigenvalue weighted by Gasteiger charge is -2.27. The number of halogens is 1. The first-order valence-electron chi connectivity index (χ1n) is 10.7. The zero-order valence-corrected chi connectivity index (χ0v) is 17.7. The summed E-state index contributed by atoms with van der Waals surface area (Å²) in [6, 6.07) is 9.58. The van der Waals surface area contributed by atoms with E-state index in [2.05, 4.69) is 25.4 Å². The Morgan fingerprint density at radius 2 is 2.00 bits per heavy atom. The number of carbonyl (C=O) groups excluding carboxylic acids is 2. The van der Waals surface area contributed by atoms with Crippen LogP contribution in [0.5, 0.6) is 0 Å². The van der Waals surface area contributed by atoms with E-state index in [0.717, 1.165) is 43.7 Å². The molecule has 0 radical (unpaired) electrons. The van der Waals surface area contributed by atoms with Crippen molar-refractivity contribution in [1.29, 1.82) is 0 Å². The summed E-state index contributed by atoms with van der Waals surface area (Å²) in [6.45, 7) is 1.08. The third kappa shape index (κ3) is 3.70. The van der Waals surface area contributed by atoms with Crippen LogP contribution in [0.4, 0.5) is 21.5 Å². The molecule has 5 rings (SSSR count). The Balaban J connectivity index is 1.42. The molecule has 0 bridgehead atoms. The molecule has 2 aliphatic heterocycles. The van der Waals surface area contributed by atoms with Crippen LogP contribution in [0.1, 0.15) is 35.4 Å². The van der Waals surface area contributed by atoms with Gasteiger partial charge in [-0.15, -0.1) is 10.2 Å². The third-order valence-corrected chi connectivity index (χ3v) is 5.91. The van der Waals surface area contributed by atoms with Gasteiger partial charge in [-0.2, -0.15) is 0 Å². The molecule has 3 aromatic rings. The highest BCUT2D eigenvalue weighted by Crippen LogP contribution is 2.30. The molecular formula is C23H23FN6O2. The molecule has 0 unspecified atom stereocenters. The van der Waals surface area contributed by atoms with Crippen LogP contribution < -0.4 is 15.5 Å². The summed E-state index contributed by atoms with van der Waals surface area (Å²) in [7, 11) is 1.81. The maximum atomic E-state index is 14.5. The first kappa shape index (κ1) is 20.2. The van der Waals surface area contributed by atoms with Crippen molar-refractivity contribution in [1.82, 2.24) is 14.8 Å². The fourth-order valence-electron chi connectivity index (χ4n) is 4.25. The highest BCUT2D eigenvalue weighted by atomic mass is 19.1. The van der Waals surface area contributed by atoms with E-state index in [1.807, 2.05) is 7.05 Å². The van der Waals surface area contributed by atoms with Crippen LogP contribution in [0.25, 0.3) is 11.4 Å². The number of anilines is 3. The Hall–Kier alpha value is -3.75. The molecule has 0 saturated heterocycles. The van der Waals surface area contributed by atoms with Crippen LogP contribution in [0.15, 0.2) is 36.4 Å². The van der Waals surface area contributed by atoms with E-state index in [4.69, 9.17) is 0 Å². The summed E-state index contributed by atoms with van der Waals surface area (Å²) in [5.74, 6) is 0.462. The van der Waals surface area contributed by atoms with E-state index >= 15 is 0 Å². The Labute approximate surface area is 184 Å².